The molecule has 0 fully saturated rings. The molecule has 2 rings (SSSR count). The lowest BCUT2D eigenvalue weighted by Gasteiger charge is -2.00. The third-order valence-electron chi connectivity index (χ3n) is 2.94. The van der Waals surface area contributed by atoms with E-state index in [4.69, 9.17) is 9.47 Å². The molecule has 0 aliphatic rings. The number of rotatable bonds is 4. The molecule has 3 nitrogen and oxygen atoms in total. The number of ether oxygens (including phenoxy) is 2. The van der Waals surface area contributed by atoms with Crippen molar-refractivity contribution in [1.29, 1.82) is 0 Å². The highest BCUT2D eigenvalue weighted by Crippen LogP contribution is 2.14. The Morgan fingerprint density at radius 3 is 2.05 bits per heavy atom. The van der Waals surface area contributed by atoms with Gasteiger partial charge in [-0.1, -0.05) is 12.1 Å². The molecule has 0 saturated carbocycles. The maximum Gasteiger partial charge on any atom is 0.211 e. The highest BCUT2D eigenvalue weighted by molar-refractivity contribution is 5.67. The summed E-state index contributed by atoms with van der Waals surface area (Å²) in [6, 6.07) is 11.9. The summed E-state index contributed by atoms with van der Waals surface area (Å²) in [6.07, 6.45) is 6.09. The standard InChI is InChI=1S/C16H18NO2/c1-17-12-16(19-3)11-8-14(17)7-4-13-5-9-15(18-2)10-6-13/h4-12H,1-3H3/q+1/b7-4+. The molecular formula is C16H18NO2+. The first-order valence-corrected chi connectivity index (χ1v) is 6.09. The molecule has 0 aliphatic heterocycles. The van der Waals surface area contributed by atoms with Crippen LogP contribution in [0.15, 0.2) is 42.6 Å². The number of hydrogen-bond acceptors (Lipinski definition) is 2. The van der Waals surface area contributed by atoms with Crippen LogP contribution in [-0.2, 0) is 7.05 Å². The molecule has 3 heteroatoms. The Morgan fingerprint density at radius 2 is 1.47 bits per heavy atom. The average Bonchev–Trinajstić information content (AvgIpc) is 2.46. The fourth-order valence-corrected chi connectivity index (χ4v) is 1.78. The topological polar surface area (TPSA) is 22.3 Å². The van der Waals surface area contributed by atoms with Gasteiger partial charge in [-0.05, 0) is 29.8 Å². The fraction of sp³-hybridized carbons (Fsp3) is 0.188. The van der Waals surface area contributed by atoms with E-state index in [1.807, 2.05) is 54.2 Å². The molecule has 19 heavy (non-hydrogen) atoms. The van der Waals surface area contributed by atoms with Crippen LogP contribution in [0.2, 0.25) is 0 Å². The summed E-state index contributed by atoms with van der Waals surface area (Å²) in [4.78, 5) is 0. The molecule has 0 unspecified atom stereocenters. The van der Waals surface area contributed by atoms with Gasteiger partial charge in [0.05, 0.1) is 14.2 Å². The van der Waals surface area contributed by atoms with Crippen molar-refractivity contribution in [1.82, 2.24) is 0 Å². The fourth-order valence-electron chi connectivity index (χ4n) is 1.78. The molecule has 1 heterocycles. The van der Waals surface area contributed by atoms with Gasteiger partial charge in [0, 0.05) is 12.1 Å². The van der Waals surface area contributed by atoms with Crippen molar-refractivity contribution in [3.63, 3.8) is 0 Å². The van der Waals surface area contributed by atoms with Crippen LogP contribution >= 0.6 is 0 Å². The monoisotopic (exact) mass is 256 g/mol. The molecule has 2 aromatic rings. The Kier molecular flexibility index (Phi) is 4.18. The van der Waals surface area contributed by atoms with Crippen molar-refractivity contribution in [2.45, 2.75) is 0 Å². The van der Waals surface area contributed by atoms with Gasteiger partial charge in [-0.15, -0.1) is 0 Å². The first-order chi connectivity index (χ1) is 9.22. The summed E-state index contributed by atoms with van der Waals surface area (Å²) in [5.74, 6) is 1.72. The zero-order chi connectivity index (χ0) is 13.7. The predicted molar refractivity (Wildman–Crippen MR) is 76.1 cm³/mol. The second-order valence-corrected chi connectivity index (χ2v) is 4.21. The number of nitrogens with zero attached hydrogens (tertiary/aromatic N) is 1. The number of benzene rings is 1. The Balaban J connectivity index is 2.17. The van der Waals surface area contributed by atoms with E-state index in [1.165, 1.54) is 0 Å². The number of methoxy groups -OCH3 is 2. The summed E-state index contributed by atoms with van der Waals surface area (Å²) >= 11 is 0. The van der Waals surface area contributed by atoms with Crippen LogP contribution in [0.1, 0.15) is 11.3 Å². The van der Waals surface area contributed by atoms with Crippen LogP contribution in [0.4, 0.5) is 0 Å². The van der Waals surface area contributed by atoms with E-state index in [9.17, 15) is 0 Å². The Bertz CT molecular complexity index is 574. The Labute approximate surface area is 113 Å². The maximum absolute atomic E-state index is 5.18. The minimum absolute atomic E-state index is 0.851. The van der Waals surface area contributed by atoms with Crippen molar-refractivity contribution < 1.29 is 14.0 Å². The number of pyridine rings is 1. The minimum atomic E-state index is 0.851. The molecule has 1 aromatic carbocycles. The van der Waals surface area contributed by atoms with Gasteiger partial charge in [-0.25, -0.2) is 0 Å². The zero-order valence-electron chi connectivity index (χ0n) is 11.5. The van der Waals surface area contributed by atoms with E-state index in [1.54, 1.807) is 14.2 Å². The van der Waals surface area contributed by atoms with Crippen LogP contribution in [0.25, 0.3) is 12.2 Å². The molecular weight excluding hydrogens is 238 g/mol. The van der Waals surface area contributed by atoms with Crippen LogP contribution in [-0.4, -0.2) is 14.2 Å². The molecule has 1 aromatic heterocycles. The average molecular weight is 256 g/mol. The zero-order valence-corrected chi connectivity index (χ0v) is 11.5. The SMILES string of the molecule is COc1ccc(/C=C/c2ccc(OC)c[n+]2C)cc1. The highest BCUT2D eigenvalue weighted by atomic mass is 16.5. The maximum atomic E-state index is 5.18. The molecule has 0 N–H and O–H groups in total. The highest BCUT2D eigenvalue weighted by Gasteiger charge is 2.04. The molecule has 0 aliphatic carbocycles. The number of hydrogen-bond donors (Lipinski definition) is 0. The molecule has 0 spiro atoms. The van der Waals surface area contributed by atoms with Gasteiger partial charge in [-0.3, -0.25) is 0 Å². The largest absolute Gasteiger partial charge is 0.497 e. The van der Waals surface area contributed by atoms with E-state index in [0.29, 0.717) is 0 Å². The lowest BCUT2D eigenvalue weighted by Crippen LogP contribution is -2.31. The summed E-state index contributed by atoms with van der Waals surface area (Å²) in [5.41, 5.74) is 2.24. The second kappa shape index (κ2) is 6.05. The molecule has 0 radical (unpaired) electrons. The van der Waals surface area contributed by atoms with Crippen molar-refractivity contribution in [3.8, 4) is 11.5 Å². The van der Waals surface area contributed by atoms with Gasteiger partial charge in [0.2, 0.25) is 11.9 Å². The predicted octanol–water partition coefficient (Wildman–Crippen LogP) is 2.70. The van der Waals surface area contributed by atoms with Crippen molar-refractivity contribution >= 4 is 12.2 Å². The summed E-state index contributed by atoms with van der Waals surface area (Å²) < 4.78 is 12.3. The number of aryl methyl sites for hydroxylation is 1. The lowest BCUT2D eigenvalue weighted by molar-refractivity contribution is -0.673. The van der Waals surface area contributed by atoms with E-state index >= 15 is 0 Å². The second-order valence-electron chi connectivity index (χ2n) is 4.21. The summed E-state index contributed by atoms with van der Waals surface area (Å²) in [6.45, 7) is 0. The molecule has 0 bridgehead atoms. The minimum Gasteiger partial charge on any atom is -0.497 e. The molecule has 98 valence electrons. The van der Waals surface area contributed by atoms with E-state index in [2.05, 4.69) is 12.2 Å². The molecule has 0 atom stereocenters. The molecule has 0 amide bonds. The third-order valence-corrected chi connectivity index (χ3v) is 2.94. The van der Waals surface area contributed by atoms with Crippen LogP contribution in [0.5, 0.6) is 11.5 Å². The molecule has 0 saturated heterocycles. The van der Waals surface area contributed by atoms with E-state index < -0.39 is 0 Å². The van der Waals surface area contributed by atoms with Crippen molar-refractivity contribution in [3.05, 3.63) is 53.9 Å². The van der Waals surface area contributed by atoms with Crippen LogP contribution in [0, 0.1) is 0 Å². The van der Waals surface area contributed by atoms with Gasteiger partial charge >= 0.3 is 0 Å². The van der Waals surface area contributed by atoms with Gasteiger partial charge in [-0.2, -0.15) is 4.57 Å². The third kappa shape index (κ3) is 3.35. The quantitative estimate of drug-likeness (QED) is 0.785. The lowest BCUT2D eigenvalue weighted by atomic mass is 10.2. The first-order valence-electron chi connectivity index (χ1n) is 6.09. The Hall–Kier alpha value is -2.29. The van der Waals surface area contributed by atoms with Gasteiger partial charge in [0.1, 0.15) is 12.8 Å². The van der Waals surface area contributed by atoms with Crippen molar-refractivity contribution in [2.75, 3.05) is 14.2 Å². The summed E-state index contributed by atoms with van der Waals surface area (Å²) in [7, 11) is 5.33. The number of aromatic nitrogens is 1. The van der Waals surface area contributed by atoms with Gasteiger partial charge in [0.15, 0.2) is 5.75 Å². The van der Waals surface area contributed by atoms with Gasteiger partial charge < -0.3 is 9.47 Å². The van der Waals surface area contributed by atoms with E-state index in [0.717, 1.165) is 22.8 Å². The van der Waals surface area contributed by atoms with Crippen LogP contribution < -0.4 is 14.0 Å². The van der Waals surface area contributed by atoms with Crippen molar-refractivity contribution in [2.24, 2.45) is 7.05 Å². The van der Waals surface area contributed by atoms with E-state index in [-0.39, 0.29) is 0 Å². The normalized spacial score (nSPS) is 10.7. The summed E-state index contributed by atoms with van der Waals surface area (Å²) in [5, 5.41) is 0. The van der Waals surface area contributed by atoms with Gasteiger partial charge in [0.25, 0.3) is 0 Å². The van der Waals surface area contributed by atoms with Crippen LogP contribution in [0.3, 0.4) is 0 Å². The smallest absolute Gasteiger partial charge is 0.211 e. The first kappa shape index (κ1) is 13.1. The Morgan fingerprint density at radius 1 is 0.842 bits per heavy atom.